The van der Waals surface area contributed by atoms with Crippen molar-refractivity contribution in [3.8, 4) is 0 Å². The lowest BCUT2D eigenvalue weighted by atomic mass is 10.4. The fraction of sp³-hybridized carbons (Fsp3) is 0.429. The van der Waals surface area contributed by atoms with Crippen LogP contribution in [0.5, 0.6) is 0 Å². The lowest BCUT2D eigenvalue weighted by Gasteiger charge is -2.10. The van der Waals surface area contributed by atoms with Crippen molar-refractivity contribution in [1.29, 1.82) is 0 Å². The lowest BCUT2D eigenvalue weighted by Crippen LogP contribution is -2.26. The number of amides is 1. The molecular formula is C7H10N2OS. The minimum absolute atomic E-state index is 0.0278. The van der Waals surface area contributed by atoms with Crippen LogP contribution in [0, 0.1) is 0 Å². The first-order valence-corrected chi connectivity index (χ1v) is 3.72. The molecule has 1 aliphatic heterocycles. The van der Waals surface area contributed by atoms with E-state index < -0.39 is 0 Å². The van der Waals surface area contributed by atoms with Gasteiger partial charge in [-0.25, -0.2) is 0 Å². The number of hydrogen-bond donors (Lipinski definition) is 0. The Labute approximate surface area is 71.3 Å². The van der Waals surface area contributed by atoms with E-state index in [4.69, 9.17) is 12.2 Å². The van der Waals surface area contributed by atoms with Crippen LogP contribution >= 0.6 is 12.2 Å². The second-order valence-electron chi connectivity index (χ2n) is 2.38. The molecule has 11 heavy (non-hydrogen) atoms. The normalized spacial score (nSPS) is 22.3. The third-order valence-corrected chi connectivity index (χ3v) is 2.28. The molecule has 0 saturated carbocycles. The summed E-state index contributed by atoms with van der Waals surface area (Å²) in [6, 6.07) is 0. The van der Waals surface area contributed by atoms with Crippen LogP contribution in [0.2, 0.25) is 0 Å². The maximum Gasteiger partial charge on any atom is 0.276 e. The van der Waals surface area contributed by atoms with Crippen molar-refractivity contribution in [3.05, 3.63) is 11.8 Å². The molecule has 60 valence electrons. The lowest BCUT2D eigenvalue weighted by molar-refractivity contribution is -0.121. The van der Waals surface area contributed by atoms with Gasteiger partial charge in [-0.1, -0.05) is 6.08 Å². The topological polar surface area (TPSA) is 23.6 Å². The van der Waals surface area contributed by atoms with Gasteiger partial charge in [0.15, 0.2) is 5.11 Å². The maximum atomic E-state index is 11.3. The Kier molecular flexibility index (Phi) is 1.95. The molecule has 0 atom stereocenters. The Morgan fingerprint density at radius 3 is 2.09 bits per heavy atom. The van der Waals surface area contributed by atoms with Crippen LogP contribution in [-0.4, -0.2) is 34.9 Å². The largest absolute Gasteiger partial charge is 0.317 e. The average Bonchev–Trinajstić information content (AvgIpc) is 2.17. The number of likely N-dealkylation sites (N-methyl/N-ethyl adjacent to an activating group) is 2. The van der Waals surface area contributed by atoms with Crippen LogP contribution in [0.25, 0.3) is 0 Å². The first-order chi connectivity index (χ1) is 5.09. The third-order valence-electron chi connectivity index (χ3n) is 1.73. The first-order valence-electron chi connectivity index (χ1n) is 3.31. The van der Waals surface area contributed by atoms with Gasteiger partial charge in [0.25, 0.3) is 5.91 Å². The zero-order chi connectivity index (χ0) is 8.59. The summed E-state index contributed by atoms with van der Waals surface area (Å²) in [5.74, 6) is -0.0278. The average molecular weight is 170 g/mol. The molecule has 1 amide bonds. The molecular weight excluding hydrogens is 160 g/mol. The van der Waals surface area contributed by atoms with Crippen LogP contribution in [0.1, 0.15) is 6.92 Å². The number of allylic oxidation sites excluding steroid dienone is 1. The Balaban J connectivity index is 3.05. The highest BCUT2D eigenvalue weighted by Gasteiger charge is 2.31. The molecule has 0 radical (unpaired) electrons. The summed E-state index contributed by atoms with van der Waals surface area (Å²) in [6.07, 6.45) is 1.76. The monoisotopic (exact) mass is 170 g/mol. The minimum atomic E-state index is -0.0278. The van der Waals surface area contributed by atoms with Crippen molar-refractivity contribution in [2.24, 2.45) is 0 Å². The van der Waals surface area contributed by atoms with E-state index >= 15 is 0 Å². The first kappa shape index (κ1) is 8.20. The number of carbonyl (C=O) groups excluding carboxylic acids is 1. The van der Waals surface area contributed by atoms with Gasteiger partial charge in [0.1, 0.15) is 5.70 Å². The SMILES string of the molecule is C/C=C1/C(=O)N(C)C(=S)N1C. The van der Waals surface area contributed by atoms with Crippen LogP contribution < -0.4 is 0 Å². The second-order valence-corrected chi connectivity index (χ2v) is 2.74. The molecule has 4 heteroatoms. The molecule has 0 spiro atoms. The summed E-state index contributed by atoms with van der Waals surface area (Å²) < 4.78 is 0. The Morgan fingerprint density at radius 2 is 1.91 bits per heavy atom. The van der Waals surface area contributed by atoms with E-state index in [0.717, 1.165) is 0 Å². The minimum Gasteiger partial charge on any atom is -0.317 e. The molecule has 1 fully saturated rings. The quantitative estimate of drug-likeness (QED) is 0.392. The predicted molar refractivity (Wildman–Crippen MR) is 46.9 cm³/mol. The molecule has 0 bridgehead atoms. The fourth-order valence-electron chi connectivity index (χ4n) is 1.05. The molecule has 1 rings (SSSR count). The van der Waals surface area contributed by atoms with E-state index in [-0.39, 0.29) is 5.91 Å². The van der Waals surface area contributed by atoms with Crippen molar-refractivity contribution in [2.75, 3.05) is 14.1 Å². The molecule has 1 aliphatic rings. The molecule has 0 aliphatic carbocycles. The van der Waals surface area contributed by atoms with E-state index in [1.807, 2.05) is 6.92 Å². The van der Waals surface area contributed by atoms with Crippen molar-refractivity contribution in [1.82, 2.24) is 9.80 Å². The molecule has 0 aromatic rings. The highest BCUT2D eigenvalue weighted by Crippen LogP contribution is 2.16. The number of thiocarbonyl (C=S) groups is 1. The van der Waals surface area contributed by atoms with Gasteiger partial charge in [-0.15, -0.1) is 0 Å². The van der Waals surface area contributed by atoms with Crippen molar-refractivity contribution in [3.63, 3.8) is 0 Å². The highest BCUT2D eigenvalue weighted by molar-refractivity contribution is 7.80. The van der Waals surface area contributed by atoms with Crippen molar-refractivity contribution < 1.29 is 4.79 Å². The van der Waals surface area contributed by atoms with E-state index in [2.05, 4.69) is 0 Å². The zero-order valence-electron chi connectivity index (χ0n) is 6.79. The zero-order valence-corrected chi connectivity index (χ0v) is 7.60. The number of carbonyl (C=O) groups is 1. The van der Waals surface area contributed by atoms with Crippen molar-refractivity contribution in [2.45, 2.75) is 6.92 Å². The van der Waals surface area contributed by atoms with Gasteiger partial charge in [0.2, 0.25) is 0 Å². The molecule has 3 nitrogen and oxygen atoms in total. The smallest absolute Gasteiger partial charge is 0.276 e. The van der Waals surface area contributed by atoms with Gasteiger partial charge in [-0.3, -0.25) is 9.69 Å². The van der Waals surface area contributed by atoms with E-state index in [1.165, 1.54) is 4.90 Å². The van der Waals surface area contributed by atoms with Crippen LogP contribution in [-0.2, 0) is 4.79 Å². The van der Waals surface area contributed by atoms with Crippen LogP contribution in [0.3, 0.4) is 0 Å². The van der Waals surface area contributed by atoms with Crippen LogP contribution in [0.15, 0.2) is 11.8 Å². The second kappa shape index (κ2) is 2.62. The van der Waals surface area contributed by atoms with Gasteiger partial charge in [0, 0.05) is 14.1 Å². The van der Waals surface area contributed by atoms with Crippen molar-refractivity contribution >= 4 is 23.2 Å². The molecule has 0 unspecified atom stereocenters. The molecule has 0 aromatic heterocycles. The number of rotatable bonds is 0. The molecule has 0 aromatic carbocycles. The summed E-state index contributed by atoms with van der Waals surface area (Å²) in [5, 5.41) is 0.558. The van der Waals surface area contributed by atoms with Gasteiger partial charge >= 0.3 is 0 Å². The Hall–Kier alpha value is -0.900. The summed E-state index contributed by atoms with van der Waals surface area (Å²) in [5.41, 5.74) is 0.650. The Bertz CT molecular complexity index is 247. The van der Waals surface area contributed by atoms with E-state index in [9.17, 15) is 4.79 Å². The van der Waals surface area contributed by atoms with Gasteiger partial charge in [-0.2, -0.15) is 0 Å². The van der Waals surface area contributed by atoms with Gasteiger partial charge in [0.05, 0.1) is 0 Å². The summed E-state index contributed by atoms with van der Waals surface area (Å²) in [6.45, 7) is 1.82. The number of hydrogen-bond acceptors (Lipinski definition) is 2. The van der Waals surface area contributed by atoms with Gasteiger partial charge in [-0.05, 0) is 19.1 Å². The molecule has 0 N–H and O–H groups in total. The van der Waals surface area contributed by atoms with Crippen LogP contribution in [0.4, 0.5) is 0 Å². The predicted octanol–water partition coefficient (Wildman–Crippen LogP) is 0.579. The standard InChI is InChI=1S/C7H10N2OS/c1-4-5-6(10)9(3)7(11)8(5)2/h4H,1-3H3/b5-4-. The Morgan fingerprint density at radius 1 is 1.36 bits per heavy atom. The molecule has 1 saturated heterocycles. The highest BCUT2D eigenvalue weighted by atomic mass is 32.1. The summed E-state index contributed by atoms with van der Waals surface area (Å²) >= 11 is 4.97. The van der Waals surface area contributed by atoms with E-state index in [1.54, 1.807) is 25.1 Å². The van der Waals surface area contributed by atoms with E-state index in [0.29, 0.717) is 10.8 Å². The maximum absolute atomic E-state index is 11.3. The summed E-state index contributed by atoms with van der Waals surface area (Å²) in [4.78, 5) is 14.5. The fourth-order valence-corrected chi connectivity index (χ4v) is 1.23. The number of nitrogens with zero attached hydrogens (tertiary/aromatic N) is 2. The molecule has 1 heterocycles. The third kappa shape index (κ3) is 1.03. The van der Waals surface area contributed by atoms with Gasteiger partial charge < -0.3 is 4.90 Å². The summed E-state index contributed by atoms with van der Waals surface area (Å²) in [7, 11) is 3.47.